The van der Waals surface area contributed by atoms with Crippen molar-refractivity contribution < 1.29 is 0 Å². The predicted octanol–water partition coefficient (Wildman–Crippen LogP) is 0.969. The van der Waals surface area contributed by atoms with E-state index in [0.29, 0.717) is 6.04 Å². The zero-order valence-corrected chi connectivity index (χ0v) is 7.35. The molecule has 0 aromatic heterocycles. The summed E-state index contributed by atoms with van der Waals surface area (Å²) < 4.78 is 0. The molecule has 0 bridgehead atoms. The number of hydrogen-bond acceptors (Lipinski definition) is 2. The van der Waals surface area contributed by atoms with E-state index >= 15 is 0 Å². The summed E-state index contributed by atoms with van der Waals surface area (Å²) in [5.74, 6) is 0.772. The van der Waals surface area contributed by atoms with Crippen molar-refractivity contribution in [2.75, 3.05) is 13.1 Å². The molecular weight excluding hydrogens is 124 g/mol. The van der Waals surface area contributed by atoms with E-state index < -0.39 is 0 Å². The van der Waals surface area contributed by atoms with Gasteiger partial charge in [0.15, 0.2) is 0 Å². The molecule has 0 amide bonds. The molecule has 62 valence electrons. The number of hydrogen-bond donors (Lipinski definition) is 2. The van der Waals surface area contributed by atoms with Gasteiger partial charge in [0.1, 0.15) is 0 Å². The highest BCUT2D eigenvalue weighted by Gasteiger charge is 2.00. The summed E-state index contributed by atoms with van der Waals surface area (Å²) in [4.78, 5) is 0. The van der Waals surface area contributed by atoms with E-state index in [1.54, 1.807) is 0 Å². The van der Waals surface area contributed by atoms with Crippen LogP contribution < -0.4 is 11.1 Å². The van der Waals surface area contributed by atoms with Gasteiger partial charge >= 0.3 is 0 Å². The third-order valence-corrected chi connectivity index (χ3v) is 1.87. The third kappa shape index (κ3) is 4.77. The second-order valence-electron chi connectivity index (χ2n) is 3.06. The van der Waals surface area contributed by atoms with Gasteiger partial charge in [0.2, 0.25) is 0 Å². The van der Waals surface area contributed by atoms with Gasteiger partial charge in [-0.3, -0.25) is 0 Å². The molecule has 0 aliphatic rings. The monoisotopic (exact) mass is 144 g/mol. The first-order valence-corrected chi connectivity index (χ1v) is 4.14. The van der Waals surface area contributed by atoms with Gasteiger partial charge in [0.25, 0.3) is 0 Å². The lowest BCUT2D eigenvalue weighted by Gasteiger charge is -2.14. The van der Waals surface area contributed by atoms with Crippen molar-refractivity contribution >= 4 is 0 Å². The summed E-state index contributed by atoms with van der Waals surface area (Å²) >= 11 is 0. The van der Waals surface area contributed by atoms with Gasteiger partial charge in [-0.1, -0.05) is 20.3 Å². The van der Waals surface area contributed by atoms with Crippen LogP contribution >= 0.6 is 0 Å². The van der Waals surface area contributed by atoms with E-state index in [2.05, 4.69) is 26.1 Å². The van der Waals surface area contributed by atoms with Crippen LogP contribution in [0.5, 0.6) is 0 Å². The molecule has 2 heteroatoms. The molecule has 0 fully saturated rings. The second kappa shape index (κ2) is 5.69. The predicted molar refractivity (Wildman–Crippen MR) is 46.0 cm³/mol. The lowest BCUT2D eigenvalue weighted by Crippen LogP contribution is -2.35. The maximum absolute atomic E-state index is 5.44. The van der Waals surface area contributed by atoms with Gasteiger partial charge < -0.3 is 11.1 Å². The van der Waals surface area contributed by atoms with Gasteiger partial charge in [-0.15, -0.1) is 0 Å². The third-order valence-electron chi connectivity index (χ3n) is 1.87. The first-order chi connectivity index (χ1) is 4.70. The Hall–Kier alpha value is -0.0800. The molecule has 0 rings (SSSR count). The Labute approximate surface area is 64.2 Å². The largest absolute Gasteiger partial charge is 0.329 e. The lowest BCUT2D eigenvalue weighted by molar-refractivity contribution is 0.456. The number of nitrogens with two attached hydrogens (primary N) is 1. The first kappa shape index (κ1) is 9.92. The average molecular weight is 144 g/mol. The summed E-state index contributed by atoms with van der Waals surface area (Å²) in [5, 5.41) is 3.36. The minimum atomic E-state index is 0.467. The zero-order chi connectivity index (χ0) is 7.98. The van der Waals surface area contributed by atoms with Gasteiger partial charge in [-0.2, -0.15) is 0 Å². The van der Waals surface area contributed by atoms with Crippen LogP contribution in [-0.2, 0) is 0 Å². The Bertz CT molecular complexity index is 63.7. The minimum Gasteiger partial charge on any atom is -0.329 e. The summed E-state index contributed by atoms with van der Waals surface area (Å²) in [7, 11) is 0. The van der Waals surface area contributed by atoms with Crippen LogP contribution in [0, 0.1) is 5.92 Å². The van der Waals surface area contributed by atoms with Gasteiger partial charge in [-0.05, 0) is 19.4 Å². The van der Waals surface area contributed by atoms with Crippen LogP contribution in [0.4, 0.5) is 0 Å². The summed E-state index contributed by atoms with van der Waals surface area (Å²) in [6, 6.07) is 0.467. The Balaban J connectivity index is 3.17. The molecule has 0 aliphatic carbocycles. The quantitative estimate of drug-likeness (QED) is 0.603. The Kier molecular flexibility index (Phi) is 5.64. The van der Waals surface area contributed by atoms with Crippen LogP contribution in [0.15, 0.2) is 0 Å². The van der Waals surface area contributed by atoms with Crippen molar-refractivity contribution in [3.8, 4) is 0 Å². The van der Waals surface area contributed by atoms with Crippen LogP contribution in [0.3, 0.4) is 0 Å². The molecule has 0 aromatic rings. The summed E-state index contributed by atoms with van der Waals surface area (Å²) in [6.07, 6.45) is 1.24. The second-order valence-corrected chi connectivity index (χ2v) is 3.06. The molecular formula is C8H20N2. The zero-order valence-electron chi connectivity index (χ0n) is 7.35. The average Bonchev–Trinajstić information content (AvgIpc) is 1.99. The Morgan fingerprint density at radius 2 is 2.00 bits per heavy atom. The van der Waals surface area contributed by atoms with E-state index in [9.17, 15) is 0 Å². The molecule has 0 aromatic carbocycles. The molecule has 0 saturated carbocycles. The van der Waals surface area contributed by atoms with E-state index in [1.807, 2.05) is 0 Å². The summed E-state index contributed by atoms with van der Waals surface area (Å²) in [6.45, 7) is 8.39. The first-order valence-electron chi connectivity index (χ1n) is 4.14. The van der Waals surface area contributed by atoms with Crippen molar-refractivity contribution in [1.29, 1.82) is 0 Å². The van der Waals surface area contributed by atoms with E-state index in [4.69, 9.17) is 5.73 Å². The summed E-state index contributed by atoms with van der Waals surface area (Å²) in [5.41, 5.74) is 5.44. The molecule has 0 heterocycles. The van der Waals surface area contributed by atoms with E-state index in [1.165, 1.54) is 6.42 Å². The fraction of sp³-hybridized carbons (Fsp3) is 1.00. The van der Waals surface area contributed by atoms with Gasteiger partial charge in [0.05, 0.1) is 0 Å². The highest BCUT2D eigenvalue weighted by atomic mass is 14.9. The van der Waals surface area contributed by atoms with E-state index in [0.717, 1.165) is 19.0 Å². The fourth-order valence-electron chi connectivity index (χ4n) is 0.630. The molecule has 2 unspecified atom stereocenters. The molecule has 0 aliphatic heterocycles. The van der Waals surface area contributed by atoms with Crippen molar-refractivity contribution in [2.45, 2.75) is 33.2 Å². The van der Waals surface area contributed by atoms with Crippen LogP contribution in [-0.4, -0.2) is 19.1 Å². The van der Waals surface area contributed by atoms with Crippen LogP contribution in [0.1, 0.15) is 27.2 Å². The van der Waals surface area contributed by atoms with Crippen molar-refractivity contribution in [3.63, 3.8) is 0 Å². The SMILES string of the molecule is CCC(C)CNC(C)CN. The molecule has 2 nitrogen and oxygen atoms in total. The van der Waals surface area contributed by atoms with Crippen LogP contribution in [0.25, 0.3) is 0 Å². The smallest absolute Gasteiger partial charge is 0.0162 e. The normalized spacial score (nSPS) is 16.8. The Morgan fingerprint density at radius 3 is 2.40 bits per heavy atom. The van der Waals surface area contributed by atoms with E-state index in [-0.39, 0.29) is 0 Å². The lowest BCUT2D eigenvalue weighted by atomic mass is 10.1. The standard InChI is InChI=1S/C8H20N2/c1-4-7(2)6-10-8(3)5-9/h7-8,10H,4-6,9H2,1-3H3. The van der Waals surface area contributed by atoms with Crippen molar-refractivity contribution in [3.05, 3.63) is 0 Å². The Morgan fingerprint density at radius 1 is 1.40 bits per heavy atom. The minimum absolute atomic E-state index is 0.467. The maximum Gasteiger partial charge on any atom is 0.0162 e. The van der Waals surface area contributed by atoms with Gasteiger partial charge in [-0.25, -0.2) is 0 Å². The maximum atomic E-state index is 5.44. The highest BCUT2D eigenvalue weighted by Crippen LogP contribution is 1.97. The fourth-order valence-corrected chi connectivity index (χ4v) is 0.630. The van der Waals surface area contributed by atoms with Crippen molar-refractivity contribution in [1.82, 2.24) is 5.32 Å². The van der Waals surface area contributed by atoms with Gasteiger partial charge in [0, 0.05) is 12.6 Å². The molecule has 2 atom stereocenters. The topological polar surface area (TPSA) is 38.0 Å². The molecule has 0 radical (unpaired) electrons. The number of rotatable bonds is 5. The molecule has 3 N–H and O–H groups in total. The van der Waals surface area contributed by atoms with Crippen molar-refractivity contribution in [2.24, 2.45) is 11.7 Å². The van der Waals surface area contributed by atoms with Crippen LogP contribution in [0.2, 0.25) is 0 Å². The molecule has 0 saturated heterocycles. The highest BCUT2D eigenvalue weighted by molar-refractivity contribution is 4.62. The molecule has 10 heavy (non-hydrogen) atoms. The molecule has 0 spiro atoms. The number of nitrogens with one attached hydrogen (secondary N) is 1.